The zero-order valence-electron chi connectivity index (χ0n) is 35.4. The summed E-state index contributed by atoms with van der Waals surface area (Å²) in [4.78, 5) is 66.3. The van der Waals surface area contributed by atoms with Gasteiger partial charge in [0.15, 0.2) is 11.4 Å². The number of hydrogen-bond donors (Lipinski definition) is 2. The van der Waals surface area contributed by atoms with Gasteiger partial charge in [-0.2, -0.15) is 5.10 Å². The lowest BCUT2D eigenvalue weighted by Gasteiger charge is -2.39. The number of piperidine rings is 2. The van der Waals surface area contributed by atoms with Crippen LogP contribution in [0.3, 0.4) is 0 Å². The molecule has 2 atom stereocenters. The number of nitrogens with one attached hydrogen (secondary N) is 2. The number of aryl methyl sites for hydroxylation is 1. The number of anilines is 2. The summed E-state index contributed by atoms with van der Waals surface area (Å²) in [5, 5.41) is 9.29. The highest BCUT2D eigenvalue weighted by Crippen LogP contribution is 2.44. The first kappa shape index (κ1) is 42.0. The Labute approximate surface area is 359 Å². The molecule has 16 heteroatoms. The molecule has 2 unspecified atom stereocenters. The average Bonchev–Trinajstić information content (AvgIpc) is 3.68. The van der Waals surface area contributed by atoms with Crippen molar-refractivity contribution >= 4 is 35.0 Å². The third kappa shape index (κ3) is 9.08. The van der Waals surface area contributed by atoms with E-state index in [1.54, 1.807) is 28.9 Å². The van der Waals surface area contributed by atoms with E-state index in [1.807, 2.05) is 12.1 Å². The number of rotatable bonds is 14. The highest BCUT2D eigenvalue weighted by Gasteiger charge is 2.45. The number of halogens is 2. The van der Waals surface area contributed by atoms with E-state index in [9.17, 15) is 28.0 Å². The Bertz CT molecular complexity index is 2310. The van der Waals surface area contributed by atoms with Gasteiger partial charge in [-0.15, -0.1) is 0 Å². The number of likely N-dealkylation sites (N-methyl/N-ethyl adjacent to an activating group) is 1. The molecule has 5 aliphatic rings. The Morgan fingerprint density at radius 1 is 1.00 bits per heavy atom. The van der Waals surface area contributed by atoms with Crippen LogP contribution in [0.25, 0.3) is 11.5 Å². The average molecular weight is 852 g/mol. The van der Waals surface area contributed by atoms with Crippen molar-refractivity contribution in [3.8, 4) is 11.5 Å². The number of oxazole rings is 1. The molecule has 3 aromatic heterocycles. The minimum atomic E-state index is -2.86. The van der Waals surface area contributed by atoms with E-state index in [0.29, 0.717) is 23.9 Å². The topological polar surface area (TPSA) is 159 Å². The van der Waals surface area contributed by atoms with Gasteiger partial charge in [-0.05, 0) is 119 Å². The number of alkyl halides is 2. The summed E-state index contributed by atoms with van der Waals surface area (Å²) in [7, 11) is 3.97. The van der Waals surface area contributed by atoms with Crippen molar-refractivity contribution in [1.29, 1.82) is 0 Å². The zero-order valence-corrected chi connectivity index (χ0v) is 35.4. The number of pyridine rings is 1. The largest absolute Gasteiger partial charge is 0.444 e. The molecule has 1 aromatic carbocycles. The number of imide groups is 1. The molecule has 0 bridgehead atoms. The molecule has 2 aliphatic carbocycles. The minimum Gasteiger partial charge on any atom is -0.444 e. The number of nitrogens with zero attached hydrogens (tertiary/aromatic N) is 7. The normalized spacial score (nSPS) is 23.6. The molecule has 2 saturated carbocycles. The smallest absolute Gasteiger partial charge is 0.284 e. The standard InChI is InChI=1S/C46H55F2N9O5/c1-54(32-16-19-56(20-17-32)24-29-8-12-34-38(21-29)55(2)46(61)40(34)35-13-14-39(58)52-43(35)59)23-28-6-10-33(11-7-28)57-25-36(41(53-57)42(47)48)50-44(60)37-26-62-45(51-37)30-15-18-49-31(22-30)9-5-27-3-4-27/h8,12,15,18,21-22,25-28,32-33,35,40,42H,3-7,9-11,13-14,16-17,19-20,23-24H2,1-2H3,(H,50,60)(H,52,58,59). The lowest BCUT2D eigenvalue weighted by atomic mass is 9.81. The van der Waals surface area contributed by atoms with Gasteiger partial charge in [0.2, 0.25) is 23.6 Å². The van der Waals surface area contributed by atoms with Crippen molar-refractivity contribution < 1.29 is 32.4 Å². The highest BCUT2D eigenvalue weighted by molar-refractivity contribution is 6.09. The van der Waals surface area contributed by atoms with Gasteiger partial charge in [0.25, 0.3) is 12.3 Å². The fraction of sp³-hybridized carbons (Fsp3) is 0.543. The Morgan fingerprint density at radius 2 is 1.77 bits per heavy atom. The number of carbonyl (C=O) groups is 4. The number of benzene rings is 1. The summed E-state index contributed by atoms with van der Waals surface area (Å²) in [5.41, 5.74) is 3.98. The monoisotopic (exact) mass is 851 g/mol. The first-order chi connectivity index (χ1) is 30.0. The van der Waals surface area contributed by atoms with E-state index >= 15 is 0 Å². The molecule has 6 heterocycles. The van der Waals surface area contributed by atoms with E-state index < -0.39 is 29.9 Å². The molecule has 3 aliphatic heterocycles. The molecule has 62 heavy (non-hydrogen) atoms. The van der Waals surface area contributed by atoms with Crippen LogP contribution in [0.5, 0.6) is 0 Å². The Hall–Kier alpha value is -5.35. The van der Waals surface area contributed by atoms with E-state index in [4.69, 9.17) is 4.42 Å². The molecular formula is C46H55F2N9O5. The maximum Gasteiger partial charge on any atom is 0.284 e. The predicted molar refractivity (Wildman–Crippen MR) is 226 cm³/mol. The SMILES string of the molecule is CN1C(=O)C(C2CCC(=O)NC2=O)c2ccc(CN3CCC(N(C)CC4CCC(n5cc(NC(=O)c6coc(-c7ccnc(CCC8CC8)c7)n6)c(C(F)F)n5)CC4)CC3)cc21. The van der Waals surface area contributed by atoms with Gasteiger partial charge in [0, 0.05) is 61.9 Å². The third-order valence-electron chi connectivity index (χ3n) is 13.9. The second-order valence-electron chi connectivity index (χ2n) is 18.2. The number of aromatic nitrogens is 4. The van der Waals surface area contributed by atoms with Crippen LogP contribution >= 0.6 is 0 Å². The predicted octanol–water partition coefficient (Wildman–Crippen LogP) is 6.91. The van der Waals surface area contributed by atoms with Gasteiger partial charge in [0.05, 0.1) is 23.6 Å². The number of hydrogen-bond acceptors (Lipinski definition) is 10. The summed E-state index contributed by atoms with van der Waals surface area (Å²) < 4.78 is 35.7. The summed E-state index contributed by atoms with van der Waals surface area (Å²) in [6.45, 7) is 3.67. The molecular weight excluding hydrogens is 797 g/mol. The summed E-state index contributed by atoms with van der Waals surface area (Å²) in [5.74, 6) is -0.952. The van der Waals surface area contributed by atoms with Crippen molar-refractivity contribution in [3.05, 3.63) is 77.2 Å². The molecule has 9 rings (SSSR count). The van der Waals surface area contributed by atoms with Crippen LogP contribution in [0, 0.1) is 17.8 Å². The van der Waals surface area contributed by atoms with Crippen molar-refractivity contribution in [2.45, 2.75) is 108 Å². The lowest BCUT2D eigenvalue weighted by Crippen LogP contribution is -2.44. The van der Waals surface area contributed by atoms with Crippen LogP contribution in [0.15, 0.2) is 53.4 Å². The molecule has 0 radical (unpaired) electrons. The number of likely N-dealkylation sites (tertiary alicyclic amines) is 1. The Balaban J connectivity index is 0.738. The van der Waals surface area contributed by atoms with Gasteiger partial charge in [0.1, 0.15) is 6.26 Å². The van der Waals surface area contributed by atoms with Gasteiger partial charge in [-0.25, -0.2) is 13.8 Å². The van der Waals surface area contributed by atoms with Crippen LogP contribution in [-0.2, 0) is 27.3 Å². The summed E-state index contributed by atoms with van der Waals surface area (Å²) in [6.07, 6.45) is 12.4. The maximum atomic E-state index is 14.2. The van der Waals surface area contributed by atoms with Gasteiger partial charge >= 0.3 is 0 Å². The van der Waals surface area contributed by atoms with E-state index in [-0.39, 0.29) is 47.5 Å². The van der Waals surface area contributed by atoms with E-state index in [2.05, 4.69) is 54.7 Å². The quantitative estimate of drug-likeness (QED) is 0.128. The van der Waals surface area contributed by atoms with Crippen LogP contribution < -0.4 is 15.5 Å². The van der Waals surface area contributed by atoms with Crippen molar-refractivity contribution in [2.24, 2.45) is 17.8 Å². The number of amides is 4. The lowest BCUT2D eigenvalue weighted by molar-refractivity contribution is -0.139. The van der Waals surface area contributed by atoms with Crippen LogP contribution in [0.4, 0.5) is 20.2 Å². The maximum absolute atomic E-state index is 14.2. The van der Waals surface area contributed by atoms with Crippen molar-refractivity contribution in [2.75, 3.05) is 43.9 Å². The van der Waals surface area contributed by atoms with Crippen molar-refractivity contribution in [3.63, 3.8) is 0 Å². The molecule has 2 saturated heterocycles. The third-order valence-corrected chi connectivity index (χ3v) is 13.9. The van der Waals surface area contributed by atoms with E-state index in [1.165, 1.54) is 25.3 Å². The van der Waals surface area contributed by atoms with Gasteiger partial charge in [-0.3, -0.25) is 39.1 Å². The number of fused-ring (bicyclic) bond motifs is 1. The number of carbonyl (C=O) groups excluding carboxylic acids is 4. The molecule has 4 aromatic rings. The first-order valence-corrected chi connectivity index (χ1v) is 22.2. The fourth-order valence-corrected chi connectivity index (χ4v) is 10.1. The second-order valence-corrected chi connectivity index (χ2v) is 18.2. The fourth-order valence-electron chi connectivity index (χ4n) is 10.1. The van der Waals surface area contributed by atoms with E-state index in [0.717, 1.165) is 106 Å². The highest BCUT2D eigenvalue weighted by atomic mass is 19.3. The molecule has 14 nitrogen and oxygen atoms in total. The molecule has 4 amide bonds. The molecule has 4 fully saturated rings. The summed E-state index contributed by atoms with van der Waals surface area (Å²) >= 11 is 0. The Morgan fingerprint density at radius 3 is 2.52 bits per heavy atom. The molecule has 328 valence electrons. The molecule has 2 N–H and O–H groups in total. The van der Waals surface area contributed by atoms with Crippen LogP contribution in [-0.4, -0.2) is 92.9 Å². The minimum absolute atomic E-state index is 0.00598. The molecule has 0 spiro atoms. The second kappa shape index (κ2) is 17.8. The van der Waals surface area contributed by atoms with Crippen LogP contribution in [0.1, 0.15) is 122 Å². The van der Waals surface area contributed by atoms with Gasteiger partial charge < -0.3 is 19.5 Å². The zero-order chi connectivity index (χ0) is 43.1. The summed E-state index contributed by atoms with van der Waals surface area (Å²) in [6, 6.07) is 10.2. The van der Waals surface area contributed by atoms with Crippen LogP contribution in [0.2, 0.25) is 0 Å². The van der Waals surface area contributed by atoms with Gasteiger partial charge in [-0.1, -0.05) is 25.0 Å². The van der Waals surface area contributed by atoms with Crippen molar-refractivity contribution in [1.82, 2.24) is 34.9 Å². The Kier molecular flexibility index (Phi) is 12.0. The first-order valence-electron chi connectivity index (χ1n) is 22.2.